The van der Waals surface area contributed by atoms with E-state index in [1.807, 2.05) is 0 Å². The number of carbonyl (C=O) groups excluding carboxylic acids is 1. The second-order valence-corrected chi connectivity index (χ2v) is 4.95. The van der Waals surface area contributed by atoms with E-state index >= 15 is 0 Å². The zero-order chi connectivity index (χ0) is 13.9. The van der Waals surface area contributed by atoms with Crippen LogP contribution in [-0.4, -0.2) is 30.4 Å². The fourth-order valence-electron chi connectivity index (χ4n) is 2.15. The molecule has 19 heavy (non-hydrogen) atoms. The van der Waals surface area contributed by atoms with Gasteiger partial charge in [-0.1, -0.05) is 37.3 Å². The summed E-state index contributed by atoms with van der Waals surface area (Å²) >= 11 is 0. The first-order chi connectivity index (χ1) is 9.22. The van der Waals surface area contributed by atoms with E-state index in [4.69, 9.17) is 0 Å². The Morgan fingerprint density at radius 3 is 2.53 bits per heavy atom. The minimum absolute atomic E-state index is 0.0645. The molecular weight excluding hydrogens is 236 g/mol. The maximum absolute atomic E-state index is 10.8. The molecular formula is C16H26N2O. The summed E-state index contributed by atoms with van der Waals surface area (Å²) in [6.07, 6.45) is 3.36. The lowest BCUT2D eigenvalue weighted by Gasteiger charge is -2.21. The molecule has 0 heterocycles. The van der Waals surface area contributed by atoms with E-state index < -0.39 is 0 Å². The van der Waals surface area contributed by atoms with Crippen LogP contribution in [-0.2, 0) is 11.3 Å². The second-order valence-electron chi connectivity index (χ2n) is 4.95. The third-order valence-electron chi connectivity index (χ3n) is 3.06. The number of carbonyl (C=O) groups is 1. The summed E-state index contributed by atoms with van der Waals surface area (Å²) < 4.78 is 0. The predicted octanol–water partition coefficient (Wildman–Crippen LogP) is 2.81. The monoisotopic (exact) mass is 262 g/mol. The largest absolute Gasteiger partial charge is 0.356 e. The molecule has 0 aliphatic heterocycles. The Morgan fingerprint density at radius 2 is 1.89 bits per heavy atom. The van der Waals surface area contributed by atoms with Crippen LogP contribution in [0.2, 0.25) is 0 Å². The Bertz CT molecular complexity index is 351. The molecule has 0 saturated carbocycles. The molecule has 0 aliphatic carbocycles. The van der Waals surface area contributed by atoms with E-state index in [1.54, 1.807) is 6.92 Å². The average Bonchev–Trinajstić information content (AvgIpc) is 2.39. The van der Waals surface area contributed by atoms with Gasteiger partial charge in [0.1, 0.15) is 0 Å². The molecule has 0 atom stereocenters. The van der Waals surface area contributed by atoms with Crippen molar-refractivity contribution in [2.24, 2.45) is 0 Å². The molecule has 0 spiro atoms. The number of amides is 1. The topological polar surface area (TPSA) is 32.3 Å². The highest BCUT2D eigenvalue weighted by atomic mass is 16.1. The molecule has 0 radical (unpaired) electrons. The van der Waals surface area contributed by atoms with Gasteiger partial charge in [-0.05, 0) is 37.9 Å². The van der Waals surface area contributed by atoms with Gasteiger partial charge in [0.2, 0.25) is 5.91 Å². The number of rotatable bonds is 9. The predicted molar refractivity (Wildman–Crippen MR) is 79.9 cm³/mol. The van der Waals surface area contributed by atoms with Crippen molar-refractivity contribution >= 4 is 5.91 Å². The van der Waals surface area contributed by atoms with Gasteiger partial charge in [0.25, 0.3) is 0 Å². The highest BCUT2D eigenvalue weighted by molar-refractivity contribution is 5.72. The third kappa shape index (κ3) is 7.62. The number of nitrogens with one attached hydrogen (secondary N) is 1. The molecule has 1 aromatic rings. The number of benzene rings is 1. The van der Waals surface area contributed by atoms with Crippen molar-refractivity contribution in [2.75, 3.05) is 19.6 Å². The van der Waals surface area contributed by atoms with Crippen molar-refractivity contribution in [3.05, 3.63) is 35.9 Å². The van der Waals surface area contributed by atoms with Crippen LogP contribution in [0.3, 0.4) is 0 Å². The fraction of sp³-hybridized carbons (Fsp3) is 0.562. The van der Waals surface area contributed by atoms with Gasteiger partial charge in [-0.2, -0.15) is 0 Å². The number of hydrogen-bond donors (Lipinski definition) is 1. The van der Waals surface area contributed by atoms with Crippen molar-refractivity contribution < 1.29 is 4.79 Å². The minimum Gasteiger partial charge on any atom is -0.356 e. The van der Waals surface area contributed by atoms with E-state index in [-0.39, 0.29) is 5.91 Å². The fourth-order valence-corrected chi connectivity index (χ4v) is 2.15. The van der Waals surface area contributed by atoms with Crippen LogP contribution in [0, 0.1) is 0 Å². The Morgan fingerprint density at radius 1 is 1.16 bits per heavy atom. The molecule has 1 amide bonds. The van der Waals surface area contributed by atoms with Crippen molar-refractivity contribution in [3.8, 4) is 0 Å². The summed E-state index contributed by atoms with van der Waals surface area (Å²) in [6.45, 7) is 7.83. The summed E-state index contributed by atoms with van der Waals surface area (Å²) in [7, 11) is 0. The zero-order valence-corrected chi connectivity index (χ0v) is 12.2. The SMILES string of the molecule is CCCN(CCCCNC(C)=O)Cc1ccccc1. The lowest BCUT2D eigenvalue weighted by Crippen LogP contribution is -2.27. The van der Waals surface area contributed by atoms with Gasteiger partial charge in [-0.25, -0.2) is 0 Å². The first kappa shape index (κ1) is 15.7. The molecule has 1 aromatic carbocycles. The Kier molecular flexibility index (Phi) is 7.91. The molecule has 1 N–H and O–H groups in total. The number of hydrogen-bond acceptors (Lipinski definition) is 2. The van der Waals surface area contributed by atoms with Crippen LogP contribution in [0.5, 0.6) is 0 Å². The molecule has 0 bridgehead atoms. The van der Waals surface area contributed by atoms with Crippen LogP contribution in [0.25, 0.3) is 0 Å². The summed E-state index contributed by atoms with van der Waals surface area (Å²) in [5.41, 5.74) is 1.37. The van der Waals surface area contributed by atoms with Crippen LogP contribution in [0.15, 0.2) is 30.3 Å². The average molecular weight is 262 g/mol. The first-order valence-electron chi connectivity index (χ1n) is 7.23. The van der Waals surface area contributed by atoms with Crippen LogP contribution in [0.1, 0.15) is 38.7 Å². The molecule has 1 rings (SSSR count). The molecule has 0 aliphatic rings. The maximum atomic E-state index is 10.8. The molecule has 106 valence electrons. The summed E-state index contributed by atoms with van der Waals surface area (Å²) in [6, 6.07) is 10.6. The van der Waals surface area contributed by atoms with Gasteiger partial charge < -0.3 is 5.32 Å². The Hall–Kier alpha value is -1.35. The Labute approximate surface area is 117 Å². The van der Waals surface area contributed by atoms with E-state index in [9.17, 15) is 4.79 Å². The smallest absolute Gasteiger partial charge is 0.216 e. The van der Waals surface area contributed by atoms with Crippen LogP contribution in [0.4, 0.5) is 0 Å². The minimum atomic E-state index is 0.0645. The summed E-state index contributed by atoms with van der Waals surface area (Å²) in [5.74, 6) is 0.0645. The summed E-state index contributed by atoms with van der Waals surface area (Å²) in [4.78, 5) is 13.3. The normalized spacial score (nSPS) is 10.7. The number of unbranched alkanes of at least 4 members (excludes halogenated alkanes) is 1. The van der Waals surface area contributed by atoms with Crippen molar-refractivity contribution in [1.29, 1.82) is 0 Å². The summed E-state index contributed by atoms with van der Waals surface area (Å²) in [5, 5.41) is 2.84. The quantitative estimate of drug-likeness (QED) is 0.694. The first-order valence-corrected chi connectivity index (χ1v) is 7.23. The highest BCUT2D eigenvalue weighted by Gasteiger charge is 2.04. The molecule has 0 aromatic heterocycles. The van der Waals surface area contributed by atoms with Gasteiger partial charge >= 0.3 is 0 Å². The van der Waals surface area contributed by atoms with E-state index in [2.05, 4.69) is 47.5 Å². The lowest BCUT2D eigenvalue weighted by atomic mass is 10.2. The van der Waals surface area contributed by atoms with Gasteiger partial charge in [-0.3, -0.25) is 9.69 Å². The van der Waals surface area contributed by atoms with Crippen molar-refractivity contribution in [1.82, 2.24) is 10.2 Å². The van der Waals surface area contributed by atoms with Gasteiger partial charge in [0.05, 0.1) is 0 Å². The second kappa shape index (κ2) is 9.56. The van der Waals surface area contributed by atoms with Gasteiger partial charge in [0, 0.05) is 20.0 Å². The molecule has 3 nitrogen and oxygen atoms in total. The van der Waals surface area contributed by atoms with E-state index in [1.165, 1.54) is 12.0 Å². The van der Waals surface area contributed by atoms with E-state index in [0.29, 0.717) is 0 Å². The highest BCUT2D eigenvalue weighted by Crippen LogP contribution is 2.06. The third-order valence-corrected chi connectivity index (χ3v) is 3.06. The van der Waals surface area contributed by atoms with Gasteiger partial charge in [-0.15, -0.1) is 0 Å². The Balaban J connectivity index is 2.26. The standard InChI is InChI=1S/C16H26N2O/c1-3-12-18(13-8-7-11-17-15(2)19)14-16-9-5-4-6-10-16/h4-6,9-10H,3,7-8,11-14H2,1-2H3,(H,17,19). The molecule has 0 fully saturated rings. The molecule has 0 saturated heterocycles. The zero-order valence-electron chi connectivity index (χ0n) is 12.2. The van der Waals surface area contributed by atoms with Crippen molar-refractivity contribution in [3.63, 3.8) is 0 Å². The van der Waals surface area contributed by atoms with E-state index in [0.717, 1.165) is 39.0 Å². The molecule has 0 unspecified atom stereocenters. The van der Waals surface area contributed by atoms with Gasteiger partial charge in [0.15, 0.2) is 0 Å². The van der Waals surface area contributed by atoms with Crippen molar-refractivity contribution in [2.45, 2.75) is 39.7 Å². The number of nitrogens with zero attached hydrogens (tertiary/aromatic N) is 1. The van der Waals surface area contributed by atoms with Crippen LogP contribution < -0.4 is 5.32 Å². The van der Waals surface area contributed by atoms with Crippen LogP contribution >= 0.6 is 0 Å². The lowest BCUT2D eigenvalue weighted by molar-refractivity contribution is -0.118. The molecule has 3 heteroatoms. The maximum Gasteiger partial charge on any atom is 0.216 e.